The van der Waals surface area contributed by atoms with E-state index in [0.717, 1.165) is 76.0 Å². The van der Waals surface area contributed by atoms with Crippen LogP contribution in [0.5, 0.6) is 11.5 Å². The van der Waals surface area contributed by atoms with E-state index in [1.807, 2.05) is 71.5 Å². The Balaban J connectivity index is 0.000000220. The molecule has 0 saturated carbocycles. The van der Waals surface area contributed by atoms with Crippen LogP contribution in [0.1, 0.15) is 57.9 Å². The number of carboxylic acid groups (broad SMARTS) is 1. The summed E-state index contributed by atoms with van der Waals surface area (Å²) in [6.45, 7) is 0.945. The van der Waals surface area contributed by atoms with Gasteiger partial charge in [-0.3, -0.25) is 35.0 Å². The van der Waals surface area contributed by atoms with Gasteiger partial charge in [0.05, 0.1) is 39.8 Å². The van der Waals surface area contributed by atoms with Gasteiger partial charge in [0.25, 0.3) is 5.91 Å². The Bertz CT molecular complexity index is 2150. The van der Waals surface area contributed by atoms with E-state index in [2.05, 4.69) is 29.6 Å². The zero-order valence-electron chi connectivity index (χ0n) is 31.2. The van der Waals surface area contributed by atoms with Crippen LogP contribution in [-0.2, 0) is 19.1 Å². The topological polar surface area (TPSA) is 186 Å². The molecule has 298 valence electrons. The number of hydrogen-bond acceptors (Lipinski definition) is 12. The molecule has 6 rings (SSSR count). The smallest absolute Gasteiger partial charge is 0.347 e. The van der Waals surface area contributed by atoms with Crippen molar-refractivity contribution in [3.8, 4) is 34.0 Å². The van der Waals surface area contributed by atoms with Crippen molar-refractivity contribution in [3.63, 3.8) is 0 Å². The molecule has 2 N–H and O–H groups in total. The number of halogens is 1. The number of benzene rings is 2. The maximum Gasteiger partial charge on any atom is 0.347 e. The standard InChI is InChI=1S/C21H25N3O4S.C13H10N2O3S.C4H7ClNO2/c1-27-16-9-7-8-15(12-16)17-13-24-14-18(29-21(24)23-17)20(26)22-11-6-4-3-5-10-19(25)28-2;1-18-9-4-2-3-8(5-9)10-6-15-7-11(12(16)17)19-13(15)14-10;1-8-4(7)2-3-6-5/h7-9,12-14H,3-6,10-11H2,1-2H3,(H,22,26);2-7H,1H3,(H,16,17);2-3H2,1H3/q;;-1. The molecule has 1 amide bonds. The SMILES string of the molecule is COC(=O)CCCCCCNC(=O)c1cn2cc(-c3cccc(OC)c3)nc2s1.COC(=O)CC[N-]Cl.COc1cccc(-c2cn3cc(C(=O)O)sc3n2)c1. The second-order valence-electron chi connectivity index (χ2n) is 11.8. The minimum atomic E-state index is -0.932. The first-order valence-corrected chi connectivity index (χ1v) is 19.2. The highest BCUT2D eigenvalue weighted by molar-refractivity contribution is 7.19. The summed E-state index contributed by atoms with van der Waals surface area (Å²) < 4.78 is 22.9. The lowest BCUT2D eigenvalue weighted by Gasteiger charge is -2.05. The van der Waals surface area contributed by atoms with Crippen molar-refractivity contribution < 1.29 is 43.2 Å². The third-order valence-electron chi connectivity index (χ3n) is 7.93. The van der Waals surface area contributed by atoms with Crippen molar-refractivity contribution in [2.75, 3.05) is 41.5 Å². The number of carbonyl (C=O) groups is 4. The predicted molar refractivity (Wildman–Crippen MR) is 215 cm³/mol. The van der Waals surface area contributed by atoms with Gasteiger partial charge in [0, 0.05) is 55.3 Å². The third-order valence-corrected chi connectivity index (χ3v) is 10.1. The van der Waals surface area contributed by atoms with Gasteiger partial charge in [-0.2, -0.15) is 0 Å². The predicted octanol–water partition coefficient (Wildman–Crippen LogP) is 7.77. The summed E-state index contributed by atoms with van der Waals surface area (Å²) in [5.41, 5.74) is 3.54. The number of nitrogens with one attached hydrogen (secondary N) is 1. The largest absolute Gasteiger partial charge is 0.575 e. The summed E-state index contributed by atoms with van der Waals surface area (Å²) in [5.74, 6) is 0.0747. The van der Waals surface area contributed by atoms with Crippen LogP contribution in [0.2, 0.25) is 0 Å². The summed E-state index contributed by atoms with van der Waals surface area (Å²) in [4.78, 5) is 59.1. The van der Waals surface area contributed by atoms with E-state index >= 15 is 0 Å². The zero-order chi connectivity index (χ0) is 40.5. The Labute approximate surface area is 336 Å². The fourth-order valence-electron chi connectivity index (χ4n) is 5.01. The summed E-state index contributed by atoms with van der Waals surface area (Å²) in [7, 11) is 5.98. The van der Waals surface area contributed by atoms with Crippen molar-refractivity contribution in [1.82, 2.24) is 24.1 Å². The van der Waals surface area contributed by atoms with E-state index in [1.165, 1.54) is 25.6 Å². The highest BCUT2D eigenvalue weighted by Crippen LogP contribution is 2.28. The molecule has 0 spiro atoms. The van der Waals surface area contributed by atoms with Crippen molar-refractivity contribution in [1.29, 1.82) is 0 Å². The number of carboxylic acids is 1. The van der Waals surface area contributed by atoms with Gasteiger partial charge in [0.2, 0.25) is 0 Å². The molecule has 0 aliphatic rings. The van der Waals surface area contributed by atoms with E-state index in [4.69, 9.17) is 26.4 Å². The van der Waals surface area contributed by atoms with Crippen molar-refractivity contribution in [2.45, 2.75) is 38.5 Å². The summed E-state index contributed by atoms with van der Waals surface area (Å²) in [5, 5.41) is 11.9. The van der Waals surface area contributed by atoms with Gasteiger partial charge in [-0.25, -0.2) is 14.8 Å². The molecule has 0 unspecified atom stereocenters. The van der Waals surface area contributed by atoms with Crippen LogP contribution in [0, 0.1) is 0 Å². The average molecular weight is 826 g/mol. The van der Waals surface area contributed by atoms with Crippen molar-refractivity contribution in [3.05, 3.63) is 87.9 Å². The lowest BCUT2D eigenvalue weighted by atomic mass is 10.1. The number of imidazole rings is 2. The Morgan fingerprint density at radius 1 is 0.732 bits per heavy atom. The Hall–Kier alpha value is -5.49. The van der Waals surface area contributed by atoms with E-state index in [1.54, 1.807) is 24.8 Å². The van der Waals surface area contributed by atoms with Crippen LogP contribution in [0.25, 0.3) is 37.3 Å². The Morgan fingerprint density at radius 3 is 1.75 bits per heavy atom. The van der Waals surface area contributed by atoms with E-state index < -0.39 is 5.97 Å². The van der Waals surface area contributed by atoms with Gasteiger partial charge >= 0.3 is 17.9 Å². The highest BCUT2D eigenvalue weighted by atomic mass is 35.5. The number of rotatable bonds is 16. The highest BCUT2D eigenvalue weighted by Gasteiger charge is 2.14. The van der Waals surface area contributed by atoms with Crippen LogP contribution < -0.4 is 14.8 Å². The second-order valence-corrected chi connectivity index (χ2v) is 14.0. The molecule has 0 fully saturated rings. The van der Waals surface area contributed by atoms with Gasteiger partial charge in [0.1, 0.15) is 21.3 Å². The molecule has 0 saturated heterocycles. The summed E-state index contributed by atoms with van der Waals surface area (Å²) >= 11 is 7.44. The van der Waals surface area contributed by atoms with Crippen LogP contribution in [0.4, 0.5) is 0 Å². The maximum atomic E-state index is 12.3. The number of esters is 2. The fraction of sp³-hybridized carbons (Fsp3) is 0.316. The quantitative estimate of drug-likeness (QED) is 0.0717. The molecule has 18 heteroatoms. The number of ether oxygens (including phenoxy) is 4. The first kappa shape index (κ1) is 43.2. The number of unbranched alkanes of at least 4 members (excludes halogenated alkanes) is 3. The monoisotopic (exact) mass is 825 g/mol. The molecule has 56 heavy (non-hydrogen) atoms. The van der Waals surface area contributed by atoms with Crippen LogP contribution in [-0.4, -0.2) is 89.2 Å². The van der Waals surface area contributed by atoms with Crippen LogP contribution in [0.3, 0.4) is 0 Å². The van der Waals surface area contributed by atoms with Crippen LogP contribution in [0.15, 0.2) is 73.3 Å². The molecule has 4 aromatic heterocycles. The first-order chi connectivity index (χ1) is 27.1. The number of thiazole rings is 2. The molecule has 0 aliphatic carbocycles. The van der Waals surface area contributed by atoms with Gasteiger partial charge in [-0.05, 0) is 37.1 Å². The maximum absolute atomic E-state index is 12.3. The number of methoxy groups -OCH3 is 4. The van der Waals surface area contributed by atoms with Crippen molar-refractivity contribution >= 4 is 68.2 Å². The molecule has 6 aromatic rings. The molecule has 15 nitrogen and oxygen atoms in total. The lowest BCUT2D eigenvalue weighted by Crippen LogP contribution is -2.23. The van der Waals surface area contributed by atoms with Crippen LogP contribution >= 0.6 is 34.5 Å². The lowest BCUT2D eigenvalue weighted by molar-refractivity contribution is -0.141. The molecule has 0 atom stereocenters. The zero-order valence-corrected chi connectivity index (χ0v) is 33.6. The fourth-order valence-corrected chi connectivity index (χ4v) is 6.78. The number of hydrogen-bond donors (Lipinski definition) is 2. The Kier molecular flexibility index (Phi) is 17.1. The number of fused-ring (bicyclic) bond motifs is 2. The van der Waals surface area contributed by atoms with Gasteiger partial charge in [-0.15, -0.1) is 6.54 Å². The molecule has 2 aromatic carbocycles. The molecule has 0 bridgehead atoms. The number of nitrogens with zero attached hydrogens (tertiary/aromatic N) is 5. The van der Waals surface area contributed by atoms with E-state index in [9.17, 15) is 19.2 Å². The minimum Gasteiger partial charge on any atom is -0.575 e. The summed E-state index contributed by atoms with van der Waals surface area (Å²) in [6.07, 6.45) is 11.4. The normalized spacial score (nSPS) is 10.5. The number of aromatic nitrogens is 4. The molecule has 0 aliphatic heterocycles. The average Bonchev–Trinajstić information content (AvgIpc) is 4.01. The molecular formula is C38H42ClN6O9S2-. The number of amides is 1. The summed E-state index contributed by atoms with van der Waals surface area (Å²) in [6, 6.07) is 15.3. The van der Waals surface area contributed by atoms with Crippen molar-refractivity contribution in [2.24, 2.45) is 0 Å². The van der Waals surface area contributed by atoms with Gasteiger partial charge in [-0.1, -0.05) is 59.8 Å². The van der Waals surface area contributed by atoms with Gasteiger partial charge in [0.15, 0.2) is 9.92 Å². The van der Waals surface area contributed by atoms with E-state index in [0.29, 0.717) is 29.3 Å². The number of aromatic carboxylic acids is 1. The molecule has 0 radical (unpaired) electrons. The number of carbonyl (C=O) groups excluding carboxylic acids is 3. The third kappa shape index (κ3) is 12.8. The minimum absolute atomic E-state index is 0.0852. The first-order valence-electron chi connectivity index (χ1n) is 17.3. The van der Waals surface area contributed by atoms with E-state index in [-0.39, 0.29) is 29.1 Å². The van der Waals surface area contributed by atoms with Gasteiger partial charge < -0.3 is 34.2 Å². The molecular weight excluding hydrogens is 784 g/mol. The Morgan fingerprint density at radius 2 is 1.25 bits per heavy atom. The second kappa shape index (κ2) is 22.2. The molecule has 4 heterocycles.